The highest BCUT2D eigenvalue weighted by molar-refractivity contribution is 6.41. The molecule has 0 spiro atoms. The van der Waals surface area contributed by atoms with Gasteiger partial charge in [-0.1, -0.05) is 35.3 Å². The van der Waals surface area contributed by atoms with Crippen molar-refractivity contribution >= 4 is 23.2 Å². The summed E-state index contributed by atoms with van der Waals surface area (Å²) in [6.07, 6.45) is 1.27. The van der Waals surface area contributed by atoms with Crippen molar-refractivity contribution in [1.82, 2.24) is 9.78 Å². The first kappa shape index (κ1) is 13.8. The van der Waals surface area contributed by atoms with Crippen molar-refractivity contribution in [3.05, 3.63) is 56.7 Å². The molecule has 0 saturated carbocycles. The van der Waals surface area contributed by atoms with Crippen LogP contribution in [0.4, 0.5) is 4.39 Å². The monoisotopic (exact) mass is 302 g/mol. The Balaban J connectivity index is 2.03. The molecule has 19 heavy (non-hydrogen) atoms. The molecule has 1 heterocycles. The van der Waals surface area contributed by atoms with Crippen molar-refractivity contribution in [2.45, 2.75) is 6.54 Å². The molecule has 1 aromatic carbocycles. The van der Waals surface area contributed by atoms with E-state index in [9.17, 15) is 9.18 Å². The normalized spacial score (nSPS) is 10.5. The van der Waals surface area contributed by atoms with Crippen LogP contribution in [0.1, 0.15) is 0 Å². The van der Waals surface area contributed by atoms with Gasteiger partial charge in [-0.25, -0.2) is 9.07 Å². The highest BCUT2D eigenvalue weighted by Gasteiger charge is 2.07. The molecule has 1 aromatic heterocycles. The van der Waals surface area contributed by atoms with Gasteiger partial charge in [-0.2, -0.15) is 5.10 Å². The Hall–Kier alpha value is -1.59. The third-order valence-corrected chi connectivity index (χ3v) is 3.09. The zero-order valence-electron chi connectivity index (χ0n) is 9.65. The van der Waals surface area contributed by atoms with E-state index in [1.807, 2.05) is 0 Å². The summed E-state index contributed by atoms with van der Waals surface area (Å²) in [6, 6.07) is 6.01. The topological polar surface area (TPSA) is 44.1 Å². The molecule has 0 N–H and O–H groups in total. The second-order valence-corrected chi connectivity index (χ2v) is 4.40. The van der Waals surface area contributed by atoms with Gasteiger partial charge in [0.1, 0.15) is 11.6 Å². The minimum atomic E-state index is -0.508. The predicted molar refractivity (Wildman–Crippen MR) is 70.4 cm³/mol. The van der Waals surface area contributed by atoms with Crippen molar-refractivity contribution in [2.24, 2.45) is 0 Å². The van der Waals surface area contributed by atoms with E-state index in [-0.39, 0.29) is 28.9 Å². The fourth-order valence-electron chi connectivity index (χ4n) is 1.41. The van der Waals surface area contributed by atoms with Gasteiger partial charge in [0.25, 0.3) is 5.56 Å². The van der Waals surface area contributed by atoms with Crippen LogP contribution in [0.15, 0.2) is 35.3 Å². The maximum absolute atomic E-state index is 13.3. The number of rotatable bonds is 4. The van der Waals surface area contributed by atoms with Crippen LogP contribution in [0.25, 0.3) is 0 Å². The van der Waals surface area contributed by atoms with Crippen LogP contribution >= 0.6 is 23.2 Å². The van der Waals surface area contributed by atoms with Gasteiger partial charge in [0.05, 0.1) is 17.8 Å². The minimum absolute atomic E-state index is 0.0891. The predicted octanol–water partition coefficient (Wildman–Crippen LogP) is 2.77. The smallest absolute Gasteiger partial charge is 0.287 e. The quantitative estimate of drug-likeness (QED) is 0.872. The first-order valence-corrected chi connectivity index (χ1v) is 6.13. The van der Waals surface area contributed by atoms with Gasteiger partial charge in [0.2, 0.25) is 0 Å². The van der Waals surface area contributed by atoms with Crippen LogP contribution in [-0.4, -0.2) is 16.4 Å². The molecule has 2 rings (SSSR count). The van der Waals surface area contributed by atoms with Crippen LogP contribution in [0.5, 0.6) is 5.75 Å². The number of ether oxygens (including phenoxy) is 1. The van der Waals surface area contributed by atoms with Crippen LogP contribution in [0.3, 0.4) is 0 Å². The van der Waals surface area contributed by atoms with Crippen molar-refractivity contribution < 1.29 is 9.13 Å². The van der Waals surface area contributed by atoms with Gasteiger partial charge < -0.3 is 4.74 Å². The van der Waals surface area contributed by atoms with Crippen LogP contribution in [0, 0.1) is 5.82 Å². The Kier molecular flexibility index (Phi) is 4.39. The number of halogens is 3. The van der Waals surface area contributed by atoms with Gasteiger partial charge in [0.15, 0.2) is 11.6 Å². The maximum Gasteiger partial charge on any atom is 0.287 e. The average Bonchev–Trinajstić information content (AvgIpc) is 2.41. The molecule has 2 aromatic rings. The molecule has 0 atom stereocenters. The molecule has 0 bridgehead atoms. The summed E-state index contributed by atoms with van der Waals surface area (Å²) >= 11 is 11.3. The third-order valence-electron chi connectivity index (χ3n) is 2.34. The number of nitrogens with zero attached hydrogens (tertiary/aromatic N) is 2. The number of hydrogen-bond donors (Lipinski definition) is 0. The van der Waals surface area contributed by atoms with Gasteiger partial charge in [-0.15, -0.1) is 0 Å². The Labute approximate surface area is 118 Å². The molecular formula is C12H9Cl2FN2O2. The van der Waals surface area contributed by atoms with E-state index < -0.39 is 11.4 Å². The largest absolute Gasteiger partial charge is 0.489 e. The van der Waals surface area contributed by atoms with Crippen LogP contribution in [-0.2, 0) is 6.54 Å². The summed E-state index contributed by atoms with van der Waals surface area (Å²) < 4.78 is 19.6. The summed E-state index contributed by atoms with van der Waals surface area (Å²) in [5.74, 6) is -0.340. The lowest BCUT2D eigenvalue weighted by atomic mass is 10.3. The molecular weight excluding hydrogens is 294 g/mol. The van der Waals surface area contributed by atoms with Crippen molar-refractivity contribution in [3.63, 3.8) is 0 Å². The lowest BCUT2D eigenvalue weighted by Crippen LogP contribution is -2.26. The third kappa shape index (κ3) is 3.24. The van der Waals surface area contributed by atoms with E-state index in [4.69, 9.17) is 27.9 Å². The van der Waals surface area contributed by atoms with Crippen molar-refractivity contribution in [2.75, 3.05) is 6.61 Å². The molecule has 0 fully saturated rings. The zero-order chi connectivity index (χ0) is 13.8. The first-order valence-electron chi connectivity index (χ1n) is 5.38. The molecule has 0 saturated heterocycles. The van der Waals surface area contributed by atoms with E-state index in [0.29, 0.717) is 0 Å². The lowest BCUT2D eigenvalue weighted by molar-refractivity contribution is 0.275. The molecule has 0 aliphatic heterocycles. The summed E-state index contributed by atoms with van der Waals surface area (Å²) in [4.78, 5) is 11.7. The molecule has 7 heteroatoms. The second kappa shape index (κ2) is 6.04. The fourth-order valence-corrected chi connectivity index (χ4v) is 1.68. The van der Waals surface area contributed by atoms with Gasteiger partial charge in [0, 0.05) is 0 Å². The van der Waals surface area contributed by atoms with Gasteiger partial charge >= 0.3 is 0 Å². The van der Waals surface area contributed by atoms with Crippen LogP contribution in [0.2, 0.25) is 10.0 Å². The van der Waals surface area contributed by atoms with E-state index in [2.05, 4.69) is 5.10 Å². The summed E-state index contributed by atoms with van der Waals surface area (Å²) in [6.45, 7) is 0.232. The maximum atomic E-state index is 13.3. The number of hydrogen-bond acceptors (Lipinski definition) is 3. The molecule has 0 aliphatic carbocycles. The van der Waals surface area contributed by atoms with E-state index >= 15 is 0 Å². The minimum Gasteiger partial charge on any atom is -0.489 e. The molecule has 0 aliphatic rings. The molecule has 100 valence electrons. The second-order valence-electron chi connectivity index (χ2n) is 3.61. The van der Waals surface area contributed by atoms with E-state index in [1.54, 1.807) is 12.1 Å². The SMILES string of the molecule is O=c1c(Cl)c(Cl)cnn1CCOc1ccccc1F. The summed E-state index contributed by atoms with van der Waals surface area (Å²) in [7, 11) is 0. The Morgan fingerprint density at radius 2 is 2.05 bits per heavy atom. The summed E-state index contributed by atoms with van der Waals surface area (Å²) in [5, 5.41) is 3.81. The zero-order valence-corrected chi connectivity index (χ0v) is 11.2. The van der Waals surface area contributed by atoms with Crippen LogP contribution < -0.4 is 10.3 Å². The highest BCUT2D eigenvalue weighted by atomic mass is 35.5. The van der Waals surface area contributed by atoms with Gasteiger partial charge in [-0.3, -0.25) is 4.79 Å². The number of benzene rings is 1. The van der Waals surface area contributed by atoms with E-state index in [1.165, 1.54) is 18.3 Å². The van der Waals surface area contributed by atoms with E-state index in [0.717, 1.165) is 4.68 Å². The van der Waals surface area contributed by atoms with Crippen molar-refractivity contribution in [3.8, 4) is 5.75 Å². The standard InChI is InChI=1S/C12H9Cl2FN2O2/c13-8-7-16-17(12(18)11(8)14)5-6-19-10-4-2-1-3-9(10)15/h1-4,7H,5-6H2. The number of aromatic nitrogens is 2. The highest BCUT2D eigenvalue weighted by Crippen LogP contribution is 2.16. The molecule has 0 unspecified atom stereocenters. The fraction of sp³-hybridized carbons (Fsp3) is 0.167. The Bertz CT molecular complexity index is 646. The average molecular weight is 303 g/mol. The lowest BCUT2D eigenvalue weighted by Gasteiger charge is -2.08. The Morgan fingerprint density at radius 3 is 2.79 bits per heavy atom. The van der Waals surface area contributed by atoms with Gasteiger partial charge in [-0.05, 0) is 12.1 Å². The molecule has 0 amide bonds. The first-order chi connectivity index (χ1) is 9.09. The van der Waals surface area contributed by atoms with Crippen molar-refractivity contribution in [1.29, 1.82) is 0 Å². The molecule has 0 radical (unpaired) electrons. The number of para-hydroxylation sites is 1. The summed E-state index contributed by atoms with van der Waals surface area (Å²) in [5.41, 5.74) is -0.508. The Morgan fingerprint density at radius 1 is 1.32 bits per heavy atom. The molecule has 4 nitrogen and oxygen atoms in total.